The summed E-state index contributed by atoms with van der Waals surface area (Å²) < 4.78 is 31.9. The summed E-state index contributed by atoms with van der Waals surface area (Å²) in [4.78, 5) is 164. The van der Waals surface area contributed by atoms with Gasteiger partial charge in [0, 0.05) is 165 Å². The van der Waals surface area contributed by atoms with Crippen molar-refractivity contribution in [1.29, 1.82) is 0 Å². The normalized spacial score (nSPS) is 25.6. The van der Waals surface area contributed by atoms with Crippen LogP contribution >= 0.6 is 0 Å². The maximum absolute atomic E-state index is 14.6. The fourth-order valence-corrected chi connectivity index (χ4v) is 18.5. The first-order chi connectivity index (χ1) is 61.8. The van der Waals surface area contributed by atoms with Crippen LogP contribution in [-0.4, -0.2) is 237 Å². The van der Waals surface area contributed by atoms with Gasteiger partial charge in [0.2, 0.25) is 23.6 Å². The van der Waals surface area contributed by atoms with E-state index in [1.807, 2.05) is 90.8 Å². The van der Waals surface area contributed by atoms with Gasteiger partial charge in [-0.3, -0.25) is 28.8 Å². The van der Waals surface area contributed by atoms with Gasteiger partial charge in [-0.2, -0.15) is 10.1 Å². The first kappa shape index (κ1) is 90.5. The SMILES string of the molecule is CO[C@H]1CC2CC[C@@H](C)C(O2)C(=O)C(=O)N2CCCC[C@H]2C(=O)O[C@H](CCC2CCC(OC(=O)NCc3cnc(N4CCN(c5ncc(C(=O)N6CCN(c7ncc(C(=O)N8CCc9cc(Cn%10nc(-c%11ccc%12oc(N)nc%12c%11)c%11c(N)ncnc%11%10)ccc9C8)cn7)CC6)cn5)CC4)nc3)CC2)CC(=O)[C@H](C)/C=C(\C)[C@@H](O)CC(=O)[C@H](C)C[C@H](C)/C=C/C=CC=C1C. The molecule has 8 aromatic rings. The molecule has 1 aliphatic carbocycles. The molecular formula is C94H116N20O14. The second-order valence-corrected chi connectivity index (χ2v) is 35.4. The molecule has 0 spiro atoms. The first-order valence-electron chi connectivity index (χ1n) is 45.0. The van der Waals surface area contributed by atoms with Crippen LogP contribution in [0.3, 0.4) is 0 Å². The van der Waals surface area contributed by atoms with E-state index in [1.54, 1.807) is 75.2 Å². The number of carbonyl (C=O) groups excluding carboxylic acids is 8. The summed E-state index contributed by atoms with van der Waals surface area (Å²) in [5.74, 6) is -1.99. The molecule has 7 aliphatic rings. The van der Waals surface area contributed by atoms with Gasteiger partial charge in [0.25, 0.3) is 23.7 Å². The molecule has 2 unspecified atom stereocenters. The number of piperazine rings is 2. The number of ketones is 3. The number of carbonyl (C=O) groups is 8. The molecule has 2 aromatic carbocycles. The number of amides is 4. The lowest BCUT2D eigenvalue weighted by molar-refractivity contribution is -0.169. The zero-order valence-electron chi connectivity index (χ0n) is 73.9. The van der Waals surface area contributed by atoms with E-state index in [0.29, 0.717) is 216 Å². The molecule has 6 aromatic heterocycles. The molecule has 1 saturated carbocycles. The van der Waals surface area contributed by atoms with Crippen LogP contribution in [0.1, 0.15) is 181 Å². The summed E-state index contributed by atoms with van der Waals surface area (Å²) >= 11 is 0. The van der Waals surface area contributed by atoms with Crippen LogP contribution in [0.25, 0.3) is 33.4 Å². The molecule has 34 nitrogen and oxygen atoms in total. The van der Waals surface area contributed by atoms with Crippen LogP contribution < -0.4 is 31.5 Å². The number of methoxy groups -OCH3 is 1. The van der Waals surface area contributed by atoms with Crippen LogP contribution in [0.4, 0.5) is 34.5 Å². The van der Waals surface area contributed by atoms with Crippen LogP contribution in [0.5, 0.6) is 0 Å². The number of nitrogens with zero attached hydrogens (tertiary/aromatic N) is 17. The summed E-state index contributed by atoms with van der Waals surface area (Å²) in [6.45, 7) is 17.1. The predicted molar refractivity (Wildman–Crippen MR) is 478 cm³/mol. The number of ether oxygens (including phenoxy) is 4. The Balaban J connectivity index is 0.479. The van der Waals surface area contributed by atoms with Crippen molar-refractivity contribution in [3.05, 3.63) is 161 Å². The van der Waals surface area contributed by atoms with Gasteiger partial charge in [0.15, 0.2) is 11.2 Å². The standard InChI is InChI=1S/C94H116N20O14/c1-56-13-9-8-10-14-57(2)79(124-7)44-72-23-16-58(3)83(125-72)82(118)88(121)113-29-12-11-15-74(113)89(122)126-71(43-75(115)60(5)40-61(6)77(117)45-76(116)59(4)39-56)26-20-62-18-24-70(25-19-62)127-94(123)103-48-64-46-97-91(98-47-64)110-35-37-111(38-36-110)93-99-49-68(50-100-93)86(119)108-31-33-109(34-32-108)92-101-51-69(52-102-92)87(120)112-30-28-65-41-63(17-21-67(65)54-112)53-114-85-80(84(95)104-55-105-85)81(107-114)66-22-27-78-73(42-66)106-90(96)128-78/h8-10,13-14,17,21-22,27,40-42,46-47,49-52,55-56,58-60,62,70-72,74,77,79,83,117H,11-12,15-16,18-20,23-26,28-39,43-45,48,53-54H2,1-7H3,(H2,96,106)(H,103,123)(H2,95,104,105)/b10-8?,13-9+,57-14?,61-40+/t56-,58-,59-,60-,62?,70?,71-,72?,74+,77+,79+,83?/m1/s1. The van der Waals surface area contributed by atoms with Gasteiger partial charge in [-0.25, -0.2) is 54.1 Å². The number of aliphatic hydroxyl groups excluding tert-OH is 1. The average molecular weight is 1750 g/mol. The fraction of sp³-hybridized carbons (Fsp3) is 0.511. The lowest BCUT2D eigenvalue weighted by Gasteiger charge is -2.38. The van der Waals surface area contributed by atoms with Gasteiger partial charge >= 0.3 is 12.1 Å². The second kappa shape index (κ2) is 41.2. The zero-order chi connectivity index (χ0) is 89.8. The molecule has 12 heterocycles. The minimum absolute atomic E-state index is 0.0756. The maximum atomic E-state index is 14.6. The van der Waals surface area contributed by atoms with Gasteiger partial charge in [-0.05, 0) is 161 Å². The molecule has 5 fully saturated rings. The number of esters is 1. The highest BCUT2D eigenvalue weighted by atomic mass is 16.6. The number of nitrogens with one attached hydrogen (secondary N) is 1. The fourth-order valence-electron chi connectivity index (χ4n) is 18.5. The Morgan fingerprint density at radius 2 is 1.34 bits per heavy atom. The number of rotatable bonds is 15. The third-order valence-electron chi connectivity index (χ3n) is 26.2. The van der Waals surface area contributed by atoms with Crippen molar-refractivity contribution >= 4 is 98.9 Å². The molecule has 6 aliphatic heterocycles. The molecule has 0 radical (unpaired) electrons. The van der Waals surface area contributed by atoms with E-state index in [2.05, 4.69) is 72.1 Å². The van der Waals surface area contributed by atoms with Gasteiger partial charge in [0.05, 0.1) is 41.4 Å². The first-order valence-corrected chi connectivity index (χ1v) is 45.0. The number of alkyl carbamates (subject to hydrolysis) is 1. The summed E-state index contributed by atoms with van der Waals surface area (Å²) in [7, 11) is 1.64. The molecule has 676 valence electrons. The number of Topliss-reactive ketones (excluding diaryl/α,β-unsaturated/α-hetero) is 3. The molecule has 6 N–H and O–H groups in total. The Morgan fingerprint density at radius 1 is 0.656 bits per heavy atom. The van der Waals surface area contributed by atoms with Crippen molar-refractivity contribution in [2.45, 2.75) is 207 Å². The summed E-state index contributed by atoms with van der Waals surface area (Å²) in [5.41, 5.74) is 21.5. The highest BCUT2D eigenvalue weighted by molar-refractivity contribution is 6.38. The summed E-state index contributed by atoms with van der Waals surface area (Å²) in [5, 5.41) is 19.7. The number of cyclic esters (lactones) is 1. The minimum atomic E-state index is -1.10. The van der Waals surface area contributed by atoms with E-state index >= 15 is 0 Å². The molecule has 128 heavy (non-hydrogen) atoms. The number of allylic oxidation sites excluding steroid dienone is 6. The summed E-state index contributed by atoms with van der Waals surface area (Å²) in [6, 6.07) is 10.8. The van der Waals surface area contributed by atoms with Crippen molar-refractivity contribution < 1.29 is 66.8 Å². The second-order valence-electron chi connectivity index (χ2n) is 35.4. The maximum Gasteiger partial charge on any atom is 0.407 e. The number of fused-ring (bicyclic) bond motifs is 6. The van der Waals surface area contributed by atoms with Gasteiger partial charge in [-0.1, -0.05) is 82.4 Å². The summed E-state index contributed by atoms with van der Waals surface area (Å²) in [6.07, 6.45) is 25.9. The smallest absolute Gasteiger partial charge is 0.407 e. The van der Waals surface area contributed by atoms with Crippen LogP contribution in [0.2, 0.25) is 0 Å². The Morgan fingerprint density at radius 3 is 2.03 bits per heavy atom. The van der Waals surface area contributed by atoms with Crippen LogP contribution in [0.15, 0.2) is 132 Å². The minimum Gasteiger partial charge on any atom is -0.460 e. The van der Waals surface area contributed by atoms with Crippen molar-refractivity contribution in [2.75, 3.05) is 98.7 Å². The number of hydrogen-bond donors (Lipinski definition) is 4. The van der Waals surface area contributed by atoms with E-state index in [0.717, 1.165) is 40.7 Å². The monoisotopic (exact) mass is 1750 g/mol. The lowest BCUT2D eigenvalue weighted by Crippen LogP contribution is -2.55. The van der Waals surface area contributed by atoms with Crippen LogP contribution in [0, 0.1) is 29.6 Å². The molecule has 34 heteroatoms. The quantitative estimate of drug-likeness (QED) is 0.0421. The number of hydrogen-bond acceptors (Lipinski definition) is 29. The number of aromatic nitrogens is 11. The molecular weight excluding hydrogens is 1630 g/mol. The molecule has 10 atom stereocenters. The Hall–Kier alpha value is -12.3. The predicted octanol–water partition coefficient (Wildman–Crippen LogP) is 10.3. The van der Waals surface area contributed by atoms with E-state index in [-0.39, 0.29) is 104 Å². The average Bonchev–Trinajstić information content (AvgIpc) is 1.61. The topological polar surface area (TPSA) is 424 Å². The number of oxazole rings is 1. The Bertz CT molecular complexity index is 5460. The number of benzene rings is 2. The number of aliphatic hydroxyl groups is 1. The Kier molecular flexibility index (Phi) is 29.1. The number of anilines is 5. The van der Waals surface area contributed by atoms with Crippen LogP contribution in [-0.2, 0) is 69.0 Å². The molecule has 2 bridgehead atoms. The number of nitrogen functional groups attached to an aromatic ring is 2. The zero-order valence-corrected chi connectivity index (χ0v) is 73.9. The van der Waals surface area contributed by atoms with Gasteiger partial charge < -0.3 is 74.7 Å². The van der Waals surface area contributed by atoms with Crippen molar-refractivity contribution in [3.63, 3.8) is 0 Å². The lowest BCUT2D eigenvalue weighted by atomic mass is 9.83. The van der Waals surface area contributed by atoms with Crippen molar-refractivity contribution in [2.24, 2.45) is 29.6 Å². The van der Waals surface area contributed by atoms with E-state index < -0.39 is 54.0 Å². The highest BCUT2D eigenvalue weighted by Crippen LogP contribution is 2.37. The molecule has 4 saturated heterocycles. The van der Waals surface area contributed by atoms with Crippen molar-refractivity contribution in [3.8, 4) is 11.3 Å². The number of piperidine rings is 1. The van der Waals surface area contributed by atoms with Gasteiger partial charge in [0.1, 0.15) is 59.3 Å². The van der Waals surface area contributed by atoms with E-state index in [4.69, 9.17) is 39.9 Å². The Labute approximate surface area is 743 Å². The van der Waals surface area contributed by atoms with Gasteiger partial charge in [-0.15, -0.1) is 0 Å². The van der Waals surface area contributed by atoms with E-state index in [9.17, 15) is 43.5 Å². The largest absolute Gasteiger partial charge is 0.460 e. The molecule has 4 amide bonds. The third-order valence-corrected chi connectivity index (χ3v) is 26.2. The van der Waals surface area contributed by atoms with E-state index in [1.165, 1.54) is 11.2 Å². The van der Waals surface area contributed by atoms with Crippen molar-refractivity contribution in [1.82, 2.24) is 74.7 Å². The third kappa shape index (κ3) is 21.9. The highest BCUT2D eigenvalue weighted by Gasteiger charge is 2.44. The number of nitrogens with two attached hydrogens (primary N) is 2. The molecule has 15 rings (SSSR count).